The van der Waals surface area contributed by atoms with Crippen LogP contribution < -0.4 is 11.1 Å². The second kappa shape index (κ2) is 5.58. The molecule has 0 spiro atoms. The molecule has 0 radical (unpaired) electrons. The number of nitrogen functional groups attached to an aromatic ring is 1. The Bertz CT molecular complexity index is 355. The highest BCUT2D eigenvalue weighted by molar-refractivity contribution is 6.31. The van der Waals surface area contributed by atoms with Crippen LogP contribution in [0.15, 0.2) is 18.2 Å². The minimum atomic E-state index is -0.133. The molecule has 4 nitrogen and oxygen atoms in total. The molecule has 0 saturated heterocycles. The number of hydrogen-bond donors (Lipinski definition) is 2. The fourth-order valence-electron chi connectivity index (χ4n) is 1.05. The summed E-state index contributed by atoms with van der Waals surface area (Å²) >= 11 is 5.72. The van der Waals surface area contributed by atoms with Gasteiger partial charge in [0.1, 0.15) is 0 Å². The van der Waals surface area contributed by atoms with Gasteiger partial charge in [-0.1, -0.05) is 11.6 Å². The summed E-state index contributed by atoms with van der Waals surface area (Å²) in [6, 6.07) is 4.93. The van der Waals surface area contributed by atoms with E-state index in [0.717, 1.165) is 0 Å². The topological polar surface area (TPSA) is 64.3 Å². The molecular weight excluding hydrogens is 216 g/mol. The summed E-state index contributed by atoms with van der Waals surface area (Å²) in [5.41, 5.74) is 6.69. The number of amides is 1. The number of nitrogens with one attached hydrogen (secondary N) is 1. The summed E-state index contributed by atoms with van der Waals surface area (Å²) in [5, 5.41) is 3.21. The first-order valence-corrected chi connectivity index (χ1v) is 4.85. The van der Waals surface area contributed by atoms with Crippen LogP contribution in [-0.4, -0.2) is 19.6 Å². The molecule has 0 aliphatic rings. The molecule has 1 aromatic carbocycles. The first-order chi connectivity index (χ1) is 7.13. The second-order valence-electron chi connectivity index (χ2n) is 3.02. The number of carbonyl (C=O) groups is 1. The average molecular weight is 229 g/mol. The van der Waals surface area contributed by atoms with Crippen LogP contribution in [0.25, 0.3) is 0 Å². The van der Waals surface area contributed by atoms with Gasteiger partial charge in [-0.2, -0.15) is 0 Å². The van der Waals surface area contributed by atoms with E-state index >= 15 is 0 Å². The highest BCUT2D eigenvalue weighted by atomic mass is 35.5. The van der Waals surface area contributed by atoms with Crippen LogP contribution in [0.4, 0.5) is 11.4 Å². The number of halogens is 1. The number of benzene rings is 1. The molecule has 0 atom stereocenters. The molecule has 0 fully saturated rings. The van der Waals surface area contributed by atoms with Crippen molar-refractivity contribution in [2.24, 2.45) is 0 Å². The zero-order chi connectivity index (χ0) is 11.3. The van der Waals surface area contributed by atoms with Crippen LogP contribution in [0.1, 0.15) is 6.42 Å². The molecule has 0 aromatic heterocycles. The van der Waals surface area contributed by atoms with E-state index in [9.17, 15) is 4.79 Å². The minimum Gasteiger partial charge on any atom is -0.397 e. The van der Waals surface area contributed by atoms with E-state index in [-0.39, 0.29) is 5.91 Å². The van der Waals surface area contributed by atoms with Gasteiger partial charge in [0.15, 0.2) is 0 Å². The third-order valence-corrected chi connectivity index (χ3v) is 2.06. The molecule has 1 aromatic rings. The Balaban J connectivity index is 2.60. The SMILES string of the molecule is COCCC(=O)Nc1ccc(Cl)cc1N. The van der Waals surface area contributed by atoms with Gasteiger partial charge in [0.25, 0.3) is 0 Å². The number of methoxy groups -OCH3 is 1. The van der Waals surface area contributed by atoms with E-state index in [1.165, 1.54) is 0 Å². The monoisotopic (exact) mass is 228 g/mol. The van der Waals surface area contributed by atoms with Crippen molar-refractivity contribution in [1.82, 2.24) is 0 Å². The molecule has 0 saturated carbocycles. The molecule has 1 rings (SSSR count). The average Bonchev–Trinajstić information content (AvgIpc) is 2.19. The van der Waals surface area contributed by atoms with Crippen molar-refractivity contribution >= 4 is 28.9 Å². The van der Waals surface area contributed by atoms with Crippen LogP contribution in [-0.2, 0) is 9.53 Å². The van der Waals surface area contributed by atoms with Crippen LogP contribution in [0, 0.1) is 0 Å². The number of anilines is 2. The lowest BCUT2D eigenvalue weighted by molar-refractivity contribution is -0.117. The van der Waals surface area contributed by atoms with E-state index in [1.54, 1.807) is 25.3 Å². The van der Waals surface area contributed by atoms with Gasteiger partial charge in [0.2, 0.25) is 5.91 Å². The van der Waals surface area contributed by atoms with Crippen LogP contribution in [0.5, 0.6) is 0 Å². The number of carbonyl (C=O) groups excluding carboxylic acids is 1. The standard InChI is InChI=1S/C10H13ClN2O2/c1-15-5-4-10(14)13-9-3-2-7(11)6-8(9)12/h2-3,6H,4-5,12H2,1H3,(H,13,14). The Morgan fingerprint density at radius 3 is 2.93 bits per heavy atom. The van der Waals surface area contributed by atoms with Gasteiger partial charge in [-0.15, -0.1) is 0 Å². The summed E-state index contributed by atoms with van der Waals surface area (Å²) in [4.78, 5) is 11.3. The van der Waals surface area contributed by atoms with Crippen LogP contribution in [0.2, 0.25) is 5.02 Å². The molecule has 0 heterocycles. The van der Waals surface area contributed by atoms with Gasteiger partial charge in [-0.3, -0.25) is 4.79 Å². The van der Waals surface area contributed by atoms with Gasteiger partial charge < -0.3 is 15.8 Å². The third-order valence-electron chi connectivity index (χ3n) is 1.82. The molecule has 82 valence electrons. The van der Waals surface area contributed by atoms with Gasteiger partial charge in [0, 0.05) is 12.1 Å². The highest BCUT2D eigenvalue weighted by Crippen LogP contribution is 2.22. The van der Waals surface area contributed by atoms with E-state index < -0.39 is 0 Å². The van der Waals surface area contributed by atoms with Crippen molar-refractivity contribution in [3.63, 3.8) is 0 Å². The van der Waals surface area contributed by atoms with Gasteiger partial charge in [-0.25, -0.2) is 0 Å². The molecule has 0 aliphatic carbocycles. The summed E-state index contributed by atoms with van der Waals surface area (Å²) in [6.07, 6.45) is 0.304. The number of hydrogen-bond acceptors (Lipinski definition) is 3. The van der Waals surface area contributed by atoms with E-state index in [4.69, 9.17) is 22.1 Å². The summed E-state index contributed by atoms with van der Waals surface area (Å²) < 4.78 is 4.79. The van der Waals surface area contributed by atoms with Crippen LogP contribution in [0.3, 0.4) is 0 Å². The number of nitrogens with two attached hydrogens (primary N) is 1. The zero-order valence-corrected chi connectivity index (χ0v) is 9.17. The maximum Gasteiger partial charge on any atom is 0.226 e. The largest absolute Gasteiger partial charge is 0.397 e. The molecule has 0 bridgehead atoms. The maximum atomic E-state index is 11.3. The molecule has 15 heavy (non-hydrogen) atoms. The Kier molecular flexibility index (Phi) is 4.39. The van der Waals surface area contributed by atoms with Crippen molar-refractivity contribution in [2.75, 3.05) is 24.8 Å². The van der Waals surface area contributed by atoms with Crippen molar-refractivity contribution in [2.45, 2.75) is 6.42 Å². The van der Waals surface area contributed by atoms with Crippen molar-refractivity contribution < 1.29 is 9.53 Å². The number of rotatable bonds is 4. The predicted molar refractivity (Wildman–Crippen MR) is 61.0 cm³/mol. The lowest BCUT2D eigenvalue weighted by Gasteiger charge is -2.07. The normalized spacial score (nSPS) is 10.0. The van der Waals surface area contributed by atoms with Crippen molar-refractivity contribution in [3.05, 3.63) is 23.2 Å². The van der Waals surface area contributed by atoms with Crippen molar-refractivity contribution in [3.8, 4) is 0 Å². The third kappa shape index (κ3) is 3.77. The second-order valence-corrected chi connectivity index (χ2v) is 3.46. The first-order valence-electron chi connectivity index (χ1n) is 4.47. The number of ether oxygens (including phenoxy) is 1. The van der Waals surface area contributed by atoms with Crippen molar-refractivity contribution in [1.29, 1.82) is 0 Å². The molecular formula is C10H13ClN2O2. The van der Waals surface area contributed by atoms with Gasteiger partial charge in [-0.05, 0) is 18.2 Å². The van der Waals surface area contributed by atoms with Gasteiger partial charge >= 0.3 is 0 Å². The predicted octanol–water partition coefficient (Wildman–Crippen LogP) is 1.90. The highest BCUT2D eigenvalue weighted by Gasteiger charge is 2.04. The molecule has 0 aliphatic heterocycles. The fourth-order valence-corrected chi connectivity index (χ4v) is 1.24. The molecule has 3 N–H and O–H groups in total. The smallest absolute Gasteiger partial charge is 0.226 e. The minimum absolute atomic E-state index is 0.133. The Labute approximate surface area is 93.4 Å². The zero-order valence-electron chi connectivity index (χ0n) is 8.42. The Morgan fingerprint density at radius 1 is 1.60 bits per heavy atom. The summed E-state index contributed by atoms with van der Waals surface area (Å²) in [6.45, 7) is 0.388. The molecule has 0 unspecified atom stereocenters. The molecule has 1 amide bonds. The Morgan fingerprint density at radius 2 is 2.33 bits per heavy atom. The van der Waals surface area contributed by atoms with E-state index in [2.05, 4.69) is 5.32 Å². The Hall–Kier alpha value is -1.26. The van der Waals surface area contributed by atoms with E-state index in [1.807, 2.05) is 0 Å². The van der Waals surface area contributed by atoms with Crippen LogP contribution >= 0.6 is 11.6 Å². The maximum absolute atomic E-state index is 11.3. The summed E-state index contributed by atoms with van der Waals surface area (Å²) in [5.74, 6) is -0.133. The summed E-state index contributed by atoms with van der Waals surface area (Å²) in [7, 11) is 1.55. The lowest BCUT2D eigenvalue weighted by atomic mass is 10.2. The molecule has 5 heteroatoms. The lowest BCUT2D eigenvalue weighted by Crippen LogP contribution is -2.14. The first kappa shape index (κ1) is 11.8. The van der Waals surface area contributed by atoms with E-state index in [0.29, 0.717) is 29.4 Å². The quantitative estimate of drug-likeness (QED) is 0.774. The fraction of sp³-hybridized carbons (Fsp3) is 0.300. The van der Waals surface area contributed by atoms with Gasteiger partial charge in [0.05, 0.1) is 24.4 Å².